The van der Waals surface area contributed by atoms with Gasteiger partial charge >= 0.3 is 6.18 Å². The highest BCUT2D eigenvalue weighted by molar-refractivity contribution is 8.26. The number of nitrogens with one attached hydrogen (secondary N) is 2. The van der Waals surface area contributed by atoms with Crippen molar-refractivity contribution in [3.05, 3.63) is 53.8 Å². The molecule has 222 valence electrons. The van der Waals surface area contributed by atoms with Gasteiger partial charge in [-0.05, 0) is 90.6 Å². The summed E-state index contributed by atoms with van der Waals surface area (Å²) >= 11 is -2.35. The lowest BCUT2D eigenvalue weighted by molar-refractivity contribution is -0.132. The van der Waals surface area contributed by atoms with Crippen molar-refractivity contribution in [3.63, 3.8) is 0 Å². The lowest BCUT2D eigenvalue weighted by Gasteiger charge is -2.41. The fraction of sp³-hybridized carbons (Fsp3) is 0.400. The number of carbonyl (C=O) groups is 1. The summed E-state index contributed by atoms with van der Waals surface area (Å²) in [5.41, 5.74) is 7.47. The average Bonchev–Trinajstić information content (AvgIpc) is 2.91. The number of halogens is 4. The molecular formula is C25H33F4N6O3S2-. The fourth-order valence-corrected chi connectivity index (χ4v) is 5.21. The number of amidine groups is 1. The van der Waals surface area contributed by atoms with Gasteiger partial charge in [0.25, 0.3) is 0 Å². The van der Waals surface area contributed by atoms with Gasteiger partial charge in [-0.25, -0.2) is 4.39 Å². The van der Waals surface area contributed by atoms with E-state index in [2.05, 4.69) is 15.5 Å². The van der Waals surface area contributed by atoms with Crippen LogP contribution in [0, 0.1) is 16.6 Å². The first-order valence-corrected chi connectivity index (χ1v) is 14.1. The van der Waals surface area contributed by atoms with Crippen LogP contribution in [0.2, 0.25) is 0 Å². The quantitative estimate of drug-likeness (QED) is 0.205. The van der Waals surface area contributed by atoms with E-state index in [1.807, 2.05) is 11.8 Å². The van der Waals surface area contributed by atoms with Gasteiger partial charge in [-0.15, -0.1) is 0 Å². The minimum Gasteiger partial charge on any atom is -0.768 e. The van der Waals surface area contributed by atoms with Gasteiger partial charge in [-0.1, -0.05) is 0 Å². The Kier molecular flexibility index (Phi) is 10.6. The third-order valence-electron chi connectivity index (χ3n) is 6.48. The van der Waals surface area contributed by atoms with Crippen molar-refractivity contribution in [1.82, 2.24) is 4.90 Å². The van der Waals surface area contributed by atoms with E-state index in [0.717, 1.165) is 36.3 Å². The number of nitrogens with two attached hydrogens (primary N) is 1. The van der Waals surface area contributed by atoms with Crippen molar-refractivity contribution in [2.45, 2.75) is 36.9 Å². The number of benzene rings is 2. The van der Waals surface area contributed by atoms with Gasteiger partial charge in [0.05, 0.1) is 0 Å². The number of hydrogen-bond donors (Lipinski definition) is 3. The Labute approximate surface area is 239 Å². The third-order valence-corrected chi connectivity index (χ3v) is 7.79. The van der Waals surface area contributed by atoms with Crippen molar-refractivity contribution < 1.29 is 34.0 Å². The molecule has 2 aliphatic heterocycles. The van der Waals surface area contributed by atoms with Gasteiger partial charge in [0, 0.05) is 51.8 Å². The summed E-state index contributed by atoms with van der Waals surface area (Å²) in [7, 11) is 0. The standard InChI is InChI=1S/C22H26FN3O3S.C3H4F3N3S.2H2/c1-16(26-10-2-3-17-15-18(23)4-9-21(17)26)22(27)25-13-11-24(12-14-25)19-5-7-20(8-6-19)30(28)29;4-3(5,6)1(7)10-2(8)9;;/h4-9,15-16H,2-3,10-14H2,1H3,(H,28,29);7H,(H3,8,9);2*1H/p-1/t16-;;;/m1.../s1. The summed E-state index contributed by atoms with van der Waals surface area (Å²) in [6.07, 6.45) is -2.94. The lowest BCUT2D eigenvalue weighted by atomic mass is 9.99. The first-order valence-electron chi connectivity index (χ1n) is 12.2. The normalized spacial score (nSPS) is 16.8. The first-order chi connectivity index (χ1) is 18.8. The van der Waals surface area contributed by atoms with Crippen LogP contribution in [-0.2, 0) is 22.3 Å². The molecule has 0 aliphatic carbocycles. The molecule has 2 aromatic rings. The number of hydrogen-bond acceptors (Lipinski definition) is 8. The van der Waals surface area contributed by atoms with E-state index in [1.54, 1.807) is 36.4 Å². The first kappa shape index (κ1) is 31.4. The average molecular weight is 606 g/mol. The van der Waals surface area contributed by atoms with Crippen molar-refractivity contribution >= 4 is 50.3 Å². The molecule has 4 rings (SSSR count). The summed E-state index contributed by atoms with van der Waals surface area (Å²) in [5.74, 6) is -0.149. The zero-order chi connectivity index (χ0) is 29.6. The summed E-state index contributed by atoms with van der Waals surface area (Å²) < 4.78 is 69.8. The van der Waals surface area contributed by atoms with E-state index < -0.39 is 27.5 Å². The number of amides is 1. The molecule has 9 nitrogen and oxygen atoms in total. The highest BCUT2D eigenvalue weighted by Gasteiger charge is 2.35. The number of anilines is 2. The number of thioether (sulfide) groups is 1. The number of carbonyl (C=O) groups excluding carboxylic acids is 1. The SMILES string of the molecule is C[C@H](C(=O)N1CCN(c2ccc(S(=O)[O-])cc2)CC1)N1CCCc2cc(F)ccc21.N=C(N)SC(=N)C(F)(F)F.[HH].[HH]. The molecule has 0 radical (unpaired) electrons. The van der Waals surface area contributed by atoms with Crippen molar-refractivity contribution in [2.24, 2.45) is 5.73 Å². The Morgan fingerprint density at radius 3 is 2.25 bits per heavy atom. The van der Waals surface area contributed by atoms with Crippen LogP contribution in [0.3, 0.4) is 0 Å². The molecule has 0 spiro atoms. The zero-order valence-corrected chi connectivity index (χ0v) is 23.2. The number of rotatable bonds is 4. The van der Waals surface area contributed by atoms with Crippen molar-refractivity contribution in [3.8, 4) is 0 Å². The van der Waals surface area contributed by atoms with Crippen molar-refractivity contribution in [2.75, 3.05) is 42.5 Å². The molecule has 2 atom stereocenters. The molecule has 1 fully saturated rings. The molecule has 2 aliphatic rings. The molecule has 2 aromatic carbocycles. The lowest BCUT2D eigenvalue weighted by Crippen LogP contribution is -2.55. The predicted molar refractivity (Wildman–Crippen MR) is 151 cm³/mol. The zero-order valence-electron chi connectivity index (χ0n) is 21.5. The molecule has 1 amide bonds. The molecule has 4 N–H and O–H groups in total. The van der Waals surface area contributed by atoms with Crippen LogP contribution in [0.1, 0.15) is 21.8 Å². The second-order valence-electron chi connectivity index (χ2n) is 9.08. The Bertz CT molecular complexity index is 1270. The summed E-state index contributed by atoms with van der Waals surface area (Å²) in [4.78, 5) is 19.6. The molecule has 0 aromatic heterocycles. The largest absolute Gasteiger partial charge is 0.768 e. The second-order valence-corrected chi connectivity index (χ2v) is 11.1. The maximum atomic E-state index is 13.6. The van der Waals surface area contributed by atoms with Crippen LogP contribution in [0.4, 0.5) is 28.9 Å². The van der Waals surface area contributed by atoms with Gasteiger partial charge in [-0.2, -0.15) is 13.2 Å². The number of fused-ring (bicyclic) bond motifs is 1. The van der Waals surface area contributed by atoms with E-state index in [9.17, 15) is 31.1 Å². The van der Waals surface area contributed by atoms with Crippen LogP contribution in [0.5, 0.6) is 0 Å². The minimum absolute atomic E-state index is 0. The topological polar surface area (TPSA) is 141 Å². The fourth-order valence-electron chi connectivity index (χ4n) is 4.52. The molecule has 1 unspecified atom stereocenters. The highest BCUT2D eigenvalue weighted by atomic mass is 32.2. The predicted octanol–water partition coefficient (Wildman–Crippen LogP) is 4.20. The maximum absolute atomic E-state index is 13.6. The smallest absolute Gasteiger partial charge is 0.439 e. The molecule has 2 heterocycles. The van der Waals surface area contributed by atoms with E-state index >= 15 is 0 Å². The molecule has 15 heteroatoms. The molecule has 0 saturated carbocycles. The second kappa shape index (κ2) is 13.5. The van der Waals surface area contributed by atoms with Crippen molar-refractivity contribution in [1.29, 1.82) is 10.8 Å². The van der Waals surface area contributed by atoms with Crippen LogP contribution >= 0.6 is 11.8 Å². The Hall–Kier alpha value is -3.17. The van der Waals surface area contributed by atoms with Crippen LogP contribution in [-0.4, -0.2) is 74.7 Å². The Morgan fingerprint density at radius 1 is 1.10 bits per heavy atom. The third kappa shape index (κ3) is 8.17. The van der Waals surface area contributed by atoms with Gasteiger partial charge in [0.2, 0.25) is 5.91 Å². The van der Waals surface area contributed by atoms with E-state index in [4.69, 9.17) is 10.8 Å². The van der Waals surface area contributed by atoms with E-state index in [1.165, 1.54) is 6.07 Å². The minimum atomic E-state index is -4.68. The molecule has 1 saturated heterocycles. The molecular weight excluding hydrogens is 572 g/mol. The number of piperazine rings is 1. The van der Waals surface area contributed by atoms with Crippen LogP contribution < -0.4 is 15.5 Å². The number of nitrogens with zero attached hydrogens (tertiary/aromatic N) is 3. The highest BCUT2D eigenvalue weighted by Crippen LogP contribution is 2.30. The van der Waals surface area contributed by atoms with Gasteiger partial charge in [0.1, 0.15) is 11.9 Å². The summed E-state index contributed by atoms with van der Waals surface area (Å²) in [6, 6.07) is 11.3. The van der Waals surface area contributed by atoms with Gasteiger partial charge < -0.3 is 25.0 Å². The Balaban J connectivity index is 0.000000637. The number of aryl methyl sites for hydroxylation is 1. The summed E-state index contributed by atoms with van der Waals surface area (Å²) in [6.45, 7) is 5.33. The maximum Gasteiger partial charge on any atom is 0.439 e. The van der Waals surface area contributed by atoms with Crippen LogP contribution in [0.15, 0.2) is 47.4 Å². The van der Waals surface area contributed by atoms with E-state index in [0.29, 0.717) is 26.2 Å². The van der Waals surface area contributed by atoms with Gasteiger partial charge in [-0.3, -0.25) is 19.8 Å². The van der Waals surface area contributed by atoms with E-state index in [-0.39, 0.29) is 37.3 Å². The monoisotopic (exact) mass is 605 g/mol. The Morgan fingerprint density at radius 2 is 1.73 bits per heavy atom. The van der Waals surface area contributed by atoms with Crippen LogP contribution in [0.25, 0.3) is 0 Å². The summed E-state index contributed by atoms with van der Waals surface area (Å²) in [5, 5.41) is 10.4. The van der Waals surface area contributed by atoms with Gasteiger partial charge in [0.15, 0.2) is 10.2 Å². The molecule has 40 heavy (non-hydrogen) atoms. The number of alkyl halides is 3. The molecule has 0 bridgehead atoms.